The molecule has 1 aliphatic carbocycles. The summed E-state index contributed by atoms with van der Waals surface area (Å²) in [5.74, 6) is 0. The minimum absolute atomic E-state index is 0.884. The van der Waals surface area contributed by atoms with Crippen LogP contribution >= 0.6 is 22.7 Å². The van der Waals surface area contributed by atoms with Gasteiger partial charge in [-0.15, -0.1) is 22.7 Å². The van der Waals surface area contributed by atoms with E-state index in [9.17, 15) is 0 Å². The Bertz CT molecular complexity index is 2830. The summed E-state index contributed by atoms with van der Waals surface area (Å²) >= 11 is 3.80. The first kappa shape index (κ1) is 27.8. The Kier molecular flexibility index (Phi) is 6.46. The quantitative estimate of drug-likeness (QED) is 0.164. The second-order valence-corrected chi connectivity index (χ2v) is 14.8. The fourth-order valence-corrected chi connectivity index (χ4v) is 10.0. The van der Waals surface area contributed by atoms with Gasteiger partial charge in [-0.05, 0) is 104 Å². The van der Waals surface area contributed by atoms with E-state index in [-0.39, 0.29) is 0 Å². The van der Waals surface area contributed by atoms with E-state index in [1.54, 1.807) is 0 Å². The van der Waals surface area contributed by atoms with Crippen molar-refractivity contribution in [3.05, 3.63) is 163 Å². The third-order valence-electron chi connectivity index (χ3n) is 9.92. The molecule has 10 rings (SSSR count). The Hall–Kier alpha value is -5.28. The monoisotopic (exact) mass is 646 g/mol. The SMILES string of the molecule is C1=C\C/C=C\C=C(\c2c3ccccc3c(-c3ccc4sc5cc6ccc7sc8ccccc8c7c6cc5c4c3)c3ccccc23)C\C=C/1. The van der Waals surface area contributed by atoms with Gasteiger partial charge in [0.15, 0.2) is 0 Å². The van der Waals surface area contributed by atoms with E-state index in [1.165, 1.54) is 94.9 Å². The number of allylic oxidation sites excluding steroid dienone is 8. The predicted molar refractivity (Wildman–Crippen MR) is 215 cm³/mol. The van der Waals surface area contributed by atoms with Crippen molar-refractivity contribution in [3.8, 4) is 11.1 Å². The number of benzene rings is 7. The molecule has 0 N–H and O–H groups in total. The van der Waals surface area contributed by atoms with Crippen LogP contribution in [0.2, 0.25) is 0 Å². The number of hydrogen-bond donors (Lipinski definition) is 0. The molecule has 0 radical (unpaired) electrons. The van der Waals surface area contributed by atoms with Crippen LogP contribution in [0.4, 0.5) is 0 Å². The normalized spacial score (nSPS) is 17.0. The van der Waals surface area contributed by atoms with Gasteiger partial charge in [0.1, 0.15) is 0 Å². The minimum Gasteiger partial charge on any atom is -0.135 e. The van der Waals surface area contributed by atoms with Crippen molar-refractivity contribution >= 4 is 101 Å². The molecule has 1 aliphatic rings. The molecular formula is C46H30S2. The number of thiophene rings is 2. The summed E-state index contributed by atoms with van der Waals surface area (Å²) in [4.78, 5) is 0. The molecule has 7 aromatic carbocycles. The standard InChI is InChI=1S/C46H30S2/c1-2-4-6-14-29(15-7-5-3-1)44-32-16-8-10-18-34(32)45(35-19-11-9-17-33(35)44)31-23-24-41-38(26-31)39-28-37-30(27-43(39)48-41)22-25-42-46(37)36-20-12-13-21-40(36)47-42/h1-2,4-13,15-28H,3,14H2/b2-1-,6-4-,7-5-,29-15+. The zero-order chi connectivity index (χ0) is 31.6. The molecular weight excluding hydrogens is 617 g/mol. The highest BCUT2D eigenvalue weighted by atomic mass is 32.1. The molecule has 9 aromatic rings. The van der Waals surface area contributed by atoms with Gasteiger partial charge in [-0.25, -0.2) is 0 Å². The van der Waals surface area contributed by atoms with Gasteiger partial charge in [-0.1, -0.05) is 121 Å². The minimum atomic E-state index is 0.884. The lowest BCUT2D eigenvalue weighted by Crippen LogP contribution is -1.94. The fourth-order valence-electron chi connectivity index (χ4n) is 7.78. The van der Waals surface area contributed by atoms with Crippen LogP contribution in [0, 0.1) is 0 Å². The molecule has 0 bridgehead atoms. The second-order valence-electron chi connectivity index (χ2n) is 12.7. The van der Waals surface area contributed by atoms with E-state index >= 15 is 0 Å². The molecule has 0 unspecified atom stereocenters. The molecule has 0 amide bonds. The third-order valence-corrected chi connectivity index (χ3v) is 12.2. The molecule has 2 heterocycles. The second kappa shape index (κ2) is 11.2. The molecule has 0 saturated carbocycles. The summed E-state index contributed by atoms with van der Waals surface area (Å²) in [6.45, 7) is 0. The van der Waals surface area contributed by atoms with Crippen LogP contribution in [-0.4, -0.2) is 0 Å². The maximum Gasteiger partial charge on any atom is 0.0361 e. The first-order valence-corrected chi connectivity index (χ1v) is 18.3. The highest BCUT2D eigenvalue weighted by Crippen LogP contribution is 2.46. The summed E-state index contributed by atoms with van der Waals surface area (Å²) in [6, 6.07) is 43.5. The van der Waals surface area contributed by atoms with Gasteiger partial charge in [-0.3, -0.25) is 0 Å². The van der Waals surface area contributed by atoms with Gasteiger partial charge in [0.2, 0.25) is 0 Å². The van der Waals surface area contributed by atoms with Crippen molar-refractivity contribution in [2.24, 2.45) is 0 Å². The summed E-state index contributed by atoms with van der Waals surface area (Å²) in [7, 11) is 0. The number of hydrogen-bond acceptors (Lipinski definition) is 2. The van der Waals surface area contributed by atoms with E-state index in [1.807, 2.05) is 22.7 Å². The average Bonchev–Trinajstić information content (AvgIpc) is 3.69. The third kappa shape index (κ3) is 4.34. The first-order chi connectivity index (χ1) is 23.8. The van der Waals surface area contributed by atoms with E-state index < -0.39 is 0 Å². The lowest BCUT2D eigenvalue weighted by Gasteiger charge is -2.19. The van der Waals surface area contributed by atoms with Crippen molar-refractivity contribution in [2.45, 2.75) is 12.8 Å². The molecule has 226 valence electrons. The van der Waals surface area contributed by atoms with Gasteiger partial charge >= 0.3 is 0 Å². The zero-order valence-electron chi connectivity index (χ0n) is 26.2. The van der Waals surface area contributed by atoms with Gasteiger partial charge in [0.25, 0.3) is 0 Å². The summed E-state index contributed by atoms with van der Waals surface area (Å²) in [5, 5.41) is 13.3. The smallest absolute Gasteiger partial charge is 0.0361 e. The highest BCUT2D eigenvalue weighted by Gasteiger charge is 2.19. The van der Waals surface area contributed by atoms with Crippen LogP contribution in [0.15, 0.2) is 158 Å². The Labute approximate surface area is 286 Å². The van der Waals surface area contributed by atoms with E-state index in [0.717, 1.165) is 12.8 Å². The lowest BCUT2D eigenvalue weighted by atomic mass is 9.84. The largest absolute Gasteiger partial charge is 0.135 e. The average molecular weight is 647 g/mol. The van der Waals surface area contributed by atoms with Crippen molar-refractivity contribution in [1.82, 2.24) is 0 Å². The van der Waals surface area contributed by atoms with Gasteiger partial charge in [-0.2, -0.15) is 0 Å². The first-order valence-electron chi connectivity index (χ1n) is 16.6. The van der Waals surface area contributed by atoms with Crippen LogP contribution < -0.4 is 0 Å². The molecule has 2 heteroatoms. The van der Waals surface area contributed by atoms with Crippen molar-refractivity contribution in [1.29, 1.82) is 0 Å². The van der Waals surface area contributed by atoms with Gasteiger partial charge in [0, 0.05) is 40.3 Å². The van der Waals surface area contributed by atoms with Crippen LogP contribution in [0.5, 0.6) is 0 Å². The van der Waals surface area contributed by atoms with Crippen LogP contribution in [0.3, 0.4) is 0 Å². The molecule has 2 aromatic heterocycles. The maximum absolute atomic E-state index is 2.47. The molecule has 48 heavy (non-hydrogen) atoms. The Morgan fingerprint density at radius 2 is 1.04 bits per heavy atom. The van der Waals surface area contributed by atoms with Crippen molar-refractivity contribution < 1.29 is 0 Å². The Morgan fingerprint density at radius 1 is 0.417 bits per heavy atom. The zero-order valence-corrected chi connectivity index (χ0v) is 27.9. The highest BCUT2D eigenvalue weighted by molar-refractivity contribution is 7.26. The lowest BCUT2D eigenvalue weighted by molar-refractivity contribution is 1.36. The van der Waals surface area contributed by atoms with Crippen LogP contribution in [0.1, 0.15) is 18.4 Å². The maximum atomic E-state index is 2.47. The predicted octanol–water partition coefficient (Wildman–Crippen LogP) is 14.4. The topological polar surface area (TPSA) is 0 Å². The van der Waals surface area contributed by atoms with Gasteiger partial charge in [0.05, 0.1) is 0 Å². The van der Waals surface area contributed by atoms with Crippen molar-refractivity contribution in [2.75, 3.05) is 0 Å². The number of fused-ring (bicyclic) bond motifs is 10. The van der Waals surface area contributed by atoms with E-state index in [2.05, 4.69) is 158 Å². The molecule has 0 atom stereocenters. The van der Waals surface area contributed by atoms with Crippen molar-refractivity contribution in [3.63, 3.8) is 0 Å². The van der Waals surface area contributed by atoms with Gasteiger partial charge < -0.3 is 0 Å². The Morgan fingerprint density at radius 3 is 1.85 bits per heavy atom. The molecule has 0 saturated heterocycles. The molecule has 0 spiro atoms. The molecule has 0 nitrogen and oxygen atoms in total. The van der Waals surface area contributed by atoms with Crippen LogP contribution in [-0.2, 0) is 0 Å². The fraction of sp³-hybridized carbons (Fsp3) is 0.0435. The van der Waals surface area contributed by atoms with E-state index in [0.29, 0.717) is 0 Å². The van der Waals surface area contributed by atoms with E-state index in [4.69, 9.17) is 0 Å². The summed E-state index contributed by atoms with van der Waals surface area (Å²) in [6.07, 6.45) is 17.4. The number of rotatable bonds is 2. The Balaban J connectivity index is 1.24. The summed E-state index contributed by atoms with van der Waals surface area (Å²) < 4.78 is 5.39. The summed E-state index contributed by atoms with van der Waals surface area (Å²) in [5.41, 5.74) is 5.26. The molecule has 0 fully saturated rings. The molecule has 0 aliphatic heterocycles. The van der Waals surface area contributed by atoms with Crippen LogP contribution in [0.25, 0.3) is 89.4 Å².